The molecule has 0 radical (unpaired) electrons. The minimum absolute atomic E-state index is 0.0181. The molecular formula is C35H54N12O9S. The molecule has 2 rings (SSSR count). The third-order valence-electron chi connectivity index (χ3n) is 8.43. The number of carbonyl (C=O) groups is 7. The molecule has 21 nitrogen and oxygen atoms in total. The van der Waals surface area contributed by atoms with Crippen molar-refractivity contribution in [2.45, 2.75) is 88.7 Å². The van der Waals surface area contributed by atoms with E-state index in [0.717, 1.165) is 0 Å². The number of carboxylic acid groups (broad SMARTS) is 1. The largest absolute Gasteiger partial charge is 0.480 e. The Morgan fingerprint density at radius 2 is 1.35 bits per heavy atom. The Bertz CT molecular complexity index is 1680. The summed E-state index contributed by atoms with van der Waals surface area (Å²) < 4.78 is 0. The number of aliphatic carboxylic acids is 1. The summed E-state index contributed by atoms with van der Waals surface area (Å²) >= 11 is 4.02. The minimum Gasteiger partial charge on any atom is -0.480 e. The first kappa shape index (κ1) is 47.4. The minimum atomic E-state index is -1.64. The number of carbonyl (C=O) groups excluding carboxylic acids is 6. The number of nitrogens with one attached hydrogen (secondary N) is 7. The van der Waals surface area contributed by atoms with E-state index in [1.165, 1.54) is 19.4 Å². The second kappa shape index (κ2) is 24.0. The monoisotopic (exact) mass is 818 g/mol. The van der Waals surface area contributed by atoms with E-state index >= 15 is 0 Å². The number of aliphatic hydroxyl groups excluding tert-OH is 1. The fraction of sp³-hybridized carbons (Fsp3) is 0.514. The number of hydrogen-bond acceptors (Lipinski definition) is 12. The van der Waals surface area contributed by atoms with E-state index in [1.807, 2.05) is 0 Å². The van der Waals surface area contributed by atoms with Gasteiger partial charge in [0.1, 0.15) is 36.3 Å². The van der Waals surface area contributed by atoms with Gasteiger partial charge < -0.3 is 64.3 Å². The molecule has 1 aromatic carbocycles. The van der Waals surface area contributed by atoms with Gasteiger partial charge in [0.15, 0.2) is 5.96 Å². The zero-order chi connectivity index (χ0) is 42.7. The second-order valence-electron chi connectivity index (χ2n) is 13.4. The maximum absolute atomic E-state index is 13.8. The molecule has 0 aliphatic carbocycles. The van der Waals surface area contributed by atoms with Crippen molar-refractivity contribution in [3.05, 3.63) is 54.1 Å². The fourth-order valence-electron chi connectivity index (χ4n) is 5.18. The Kier molecular flexibility index (Phi) is 20.0. The van der Waals surface area contributed by atoms with E-state index in [9.17, 15) is 43.8 Å². The van der Waals surface area contributed by atoms with Crippen molar-refractivity contribution in [1.29, 1.82) is 0 Å². The molecule has 0 spiro atoms. The van der Waals surface area contributed by atoms with Gasteiger partial charge in [-0.15, -0.1) is 0 Å². The number of nitrogens with two attached hydrogens (primary N) is 3. The van der Waals surface area contributed by atoms with Crippen LogP contribution in [0.1, 0.15) is 44.9 Å². The lowest BCUT2D eigenvalue weighted by molar-refractivity contribution is -0.142. The van der Waals surface area contributed by atoms with Gasteiger partial charge in [0, 0.05) is 37.0 Å². The smallest absolute Gasteiger partial charge is 0.325 e. The highest BCUT2D eigenvalue weighted by atomic mass is 32.1. The first-order valence-electron chi connectivity index (χ1n) is 18.1. The maximum atomic E-state index is 13.8. The number of aliphatic hydroxyl groups is 1. The van der Waals surface area contributed by atoms with Crippen molar-refractivity contribution in [3.63, 3.8) is 0 Å². The number of carboxylic acids is 1. The van der Waals surface area contributed by atoms with Crippen LogP contribution in [-0.2, 0) is 46.4 Å². The molecule has 0 fully saturated rings. The summed E-state index contributed by atoms with van der Waals surface area (Å²) in [7, 11) is 0. The fourth-order valence-corrected chi connectivity index (χ4v) is 5.35. The molecular weight excluding hydrogens is 765 g/mol. The van der Waals surface area contributed by atoms with Crippen LogP contribution in [0.25, 0.3) is 0 Å². The van der Waals surface area contributed by atoms with E-state index in [-0.39, 0.29) is 43.9 Å². The second-order valence-corrected chi connectivity index (χ2v) is 13.8. The lowest BCUT2D eigenvalue weighted by atomic mass is 10.0. The summed E-state index contributed by atoms with van der Waals surface area (Å²) in [5.41, 5.74) is 17.6. The Balaban J connectivity index is 2.34. The van der Waals surface area contributed by atoms with Crippen molar-refractivity contribution in [2.75, 3.05) is 18.9 Å². The van der Waals surface area contributed by atoms with Crippen LogP contribution in [0.4, 0.5) is 0 Å². The molecule has 57 heavy (non-hydrogen) atoms. The molecule has 15 N–H and O–H groups in total. The van der Waals surface area contributed by atoms with Crippen LogP contribution < -0.4 is 49.1 Å². The Hall–Kier alpha value is -5.74. The highest BCUT2D eigenvalue weighted by Crippen LogP contribution is 2.09. The number of amides is 6. The number of thiol groups is 1. The topological polar surface area (TPSA) is 351 Å². The summed E-state index contributed by atoms with van der Waals surface area (Å²) in [6.07, 6.45) is 2.72. The van der Waals surface area contributed by atoms with Crippen LogP contribution in [0.2, 0.25) is 0 Å². The number of aliphatic imine (C=N–C) groups is 1. The standard InChI is InChI=1S/C35H54N12O9S/c1-18(2)27(47-28(49)22(36)16-57)33(54)45-25(13-21-14-39-17-41-21)31(52)46-26(15-48)32(53)44-24(12-20-8-5-4-6-9-20)30(51)43-23(10-7-11-40-35(37)38)29(50)42-19(3)34(55)56/h4-6,8-9,14,17-19,22-27,48,57H,7,10-13,15-16,36H2,1-3H3,(H,39,41)(H,42,50)(H,43,51)(H,44,53)(H,45,54)(H,46,52)(H,47,49)(H,55,56)(H4,37,38,40)/t19-,22-,23-,24-,25-,26-,27-/m0/s1. The molecule has 0 aliphatic heterocycles. The van der Waals surface area contributed by atoms with E-state index < -0.39 is 96.2 Å². The van der Waals surface area contributed by atoms with Gasteiger partial charge >= 0.3 is 5.97 Å². The first-order chi connectivity index (χ1) is 27.0. The van der Waals surface area contributed by atoms with Gasteiger partial charge in [0.2, 0.25) is 35.4 Å². The number of rotatable bonds is 24. The molecule has 0 bridgehead atoms. The molecule has 22 heteroatoms. The van der Waals surface area contributed by atoms with E-state index in [0.29, 0.717) is 11.3 Å². The normalized spacial score (nSPS) is 14.6. The molecule has 1 heterocycles. The summed E-state index contributed by atoms with van der Waals surface area (Å²) in [6, 6.07) is -0.545. The van der Waals surface area contributed by atoms with Gasteiger partial charge in [0.05, 0.1) is 19.0 Å². The molecule has 7 atom stereocenters. The van der Waals surface area contributed by atoms with Crippen molar-refractivity contribution in [2.24, 2.45) is 28.1 Å². The number of H-pyrrole nitrogens is 1. The summed E-state index contributed by atoms with van der Waals surface area (Å²) in [5.74, 6) is -6.84. The number of aromatic nitrogens is 2. The highest BCUT2D eigenvalue weighted by molar-refractivity contribution is 7.80. The number of guanidine groups is 1. The Morgan fingerprint density at radius 1 is 0.789 bits per heavy atom. The average molecular weight is 819 g/mol. The predicted molar refractivity (Wildman–Crippen MR) is 211 cm³/mol. The summed E-state index contributed by atoms with van der Waals surface area (Å²) in [6.45, 7) is 3.75. The quantitative estimate of drug-likeness (QED) is 0.0209. The van der Waals surface area contributed by atoms with Crippen LogP contribution in [0, 0.1) is 5.92 Å². The lowest BCUT2D eigenvalue weighted by Gasteiger charge is -2.27. The third kappa shape index (κ3) is 16.5. The molecule has 0 unspecified atom stereocenters. The number of aromatic amines is 1. The van der Waals surface area contributed by atoms with Crippen LogP contribution in [0.5, 0.6) is 0 Å². The molecule has 314 valence electrons. The average Bonchev–Trinajstić information content (AvgIpc) is 3.69. The molecule has 0 saturated heterocycles. The van der Waals surface area contributed by atoms with Crippen molar-refractivity contribution < 1.29 is 43.8 Å². The van der Waals surface area contributed by atoms with Gasteiger partial charge in [-0.3, -0.25) is 38.6 Å². The van der Waals surface area contributed by atoms with Gasteiger partial charge in [-0.1, -0.05) is 44.2 Å². The molecule has 0 saturated carbocycles. The van der Waals surface area contributed by atoms with Crippen LogP contribution in [0.15, 0.2) is 47.8 Å². The maximum Gasteiger partial charge on any atom is 0.325 e. The number of hydrogen-bond donors (Lipinski definition) is 13. The predicted octanol–water partition coefficient (Wildman–Crippen LogP) is -3.83. The van der Waals surface area contributed by atoms with Gasteiger partial charge in [0.25, 0.3) is 0 Å². The molecule has 1 aromatic heterocycles. The first-order valence-corrected chi connectivity index (χ1v) is 18.7. The van der Waals surface area contributed by atoms with Gasteiger partial charge in [-0.25, -0.2) is 4.98 Å². The lowest BCUT2D eigenvalue weighted by Crippen LogP contribution is -2.61. The van der Waals surface area contributed by atoms with Crippen LogP contribution >= 0.6 is 12.6 Å². The Morgan fingerprint density at radius 3 is 1.89 bits per heavy atom. The SMILES string of the molecule is CC(C)[C@H](NC(=O)[C@@H](N)CS)C(=O)N[C@@H](Cc1cnc[nH]1)C(=O)N[C@@H](CO)C(=O)N[C@@H](Cc1ccccc1)C(=O)N[C@@H](CCCN=C(N)N)C(=O)N[C@@H](C)C(=O)O. The molecule has 0 aliphatic rings. The van der Waals surface area contributed by atoms with E-state index in [2.05, 4.69) is 59.5 Å². The Labute approximate surface area is 334 Å². The number of nitrogens with zero attached hydrogens (tertiary/aromatic N) is 2. The number of benzene rings is 1. The number of imidazole rings is 1. The summed E-state index contributed by atoms with van der Waals surface area (Å²) in [4.78, 5) is 102. The van der Waals surface area contributed by atoms with Gasteiger partial charge in [-0.2, -0.15) is 12.6 Å². The third-order valence-corrected chi connectivity index (χ3v) is 8.82. The summed E-state index contributed by atoms with van der Waals surface area (Å²) in [5, 5.41) is 34.5. The zero-order valence-corrected chi connectivity index (χ0v) is 32.8. The van der Waals surface area contributed by atoms with Crippen molar-refractivity contribution in [3.8, 4) is 0 Å². The van der Waals surface area contributed by atoms with Crippen LogP contribution in [0.3, 0.4) is 0 Å². The zero-order valence-electron chi connectivity index (χ0n) is 31.9. The van der Waals surface area contributed by atoms with Crippen LogP contribution in [-0.4, -0.2) is 129 Å². The van der Waals surface area contributed by atoms with E-state index in [4.69, 9.17) is 17.2 Å². The van der Waals surface area contributed by atoms with E-state index in [1.54, 1.807) is 44.2 Å². The van der Waals surface area contributed by atoms with Gasteiger partial charge in [-0.05, 0) is 31.2 Å². The molecule has 6 amide bonds. The van der Waals surface area contributed by atoms with Crippen molar-refractivity contribution >= 4 is 60.0 Å². The molecule has 2 aromatic rings. The highest BCUT2D eigenvalue weighted by Gasteiger charge is 2.34. The van der Waals surface area contributed by atoms with Crippen molar-refractivity contribution in [1.82, 2.24) is 41.9 Å².